The Morgan fingerprint density at radius 2 is 1.59 bits per heavy atom. The Kier molecular flexibility index (Phi) is 6.83. The molecular formula is C28H35NO5. The highest BCUT2D eigenvalue weighted by Crippen LogP contribution is 2.45. The first-order chi connectivity index (χ1) is 15.7. The summed E-state index contributed by atoms with van der Waals surface area (Å²) in [7, 11) is 1.28. The maximum atomic E-state index is 12.0. The molecule has 6 nitrogen and oxygen atoms in total. The average Bonchev–Trinajstić information content (AvgIpc) is 3.14. The molecule has 0 bridgehead atoms. The van der Waals surface area contributed by atoms with E-state index in [4.69, 9.17) is 13.9 Å². The highest BCUT2D eigenvalue weighted by atomic mass is 16.7. The first kappa shape index (κ1) is 25.3. The van der Waals surface area contributed by atoms with Crippen molar-refractivity contribution in [2.75, 3.05) is 7.11 Å². The van der Waals surface area contributed by atoms with E-state index in [9.17, 15) is 9.90 Å². The molecule has 0 aliphatic heterocycles. The van der Waals surface area contributed by atoms with Gasteiger partial charge >= 0.3 is 6.16 Å². The molecule has 1 atom stereocenters. The van der Waals surface area contributed by atoms with E-state index in [1.54, 1.807) is 6.07 Å². The fourth-order valence-electron chi connectivity index (χ4n) is 4.16. The summed E-state index contributed by atoms with van der Waals surface area (Å²) in [5.41, 5.74) is 4.46. The quantitative estimate of drug-likeness (QED) is 0.333. The zero-order valence-corrected chi connectivity index (χ0v) is 21.6. The topological polar surface area (TPSA) is 81.8 Å². The fraction of sp³-hybridized carbons (Fsp3) is 0.429. The van der Waals surface area contributed by atoms with Crippen LogP contribution in [0.25, 0.3) is 0 Å². The predicted octanol–water partition coefficient (Wildman–Crippen LogP) is 6.92. The molecule has 0 saturated heterocycles. The highest BCUT2D eigenvalue weighted by molar-refractivity contribution is 5.66. The smallest absolute Gasteiger partial charge is 0.507 e. The number of aryl methyl sites for hydroxylation is 2. The number of ether oxygens (including phenoxy) is 2. The molecule has 6 heteroatoms. The van der Waals surface area contributed by atoms with Crippen LogP contribution in [0, 0.1) is 13.8 Å². The number of carbonyl (C=O) groups is 1. The minimum atomic E-state index is -0.794. The summed E-state index contributed by atoms with van der Waals surface area (Å²) in [5.74, 6) is 0.946. The number of hydrogen-bond acceptors (Lipinski definition) is 6. The molecule has 0 spiro atoms. The van der Waals surface area contributed by atoms with E-state index in [0.29, 0.717) is 23.0 Å². The van der Waals surface area contributed by atoms with Gasteiger partial charge in [0.05, 0.1) is 18.7 Å². The summed E-state index contributed by atoms with van der Waals surface area (Å²) in [6.45, 7) is 16.3. The number of aromatic nitrogens is 1. The van der Waals surface area contributed by atoms with Gasteiger partial charge in [0.15, 0.2) is 6.39 Å². The van der Waals surface area contributed by atoms with Gasteiger partial charge in [-0.3, -0.25) is 0 Å². The van der Waals surface area contributed by atoms with Crippen molar-refractivity contribution in [3.05, 3.63) is 76.0 Å². The van der Waals surface area contributed by atoms with Gasteiger partial charge in [-0.1, -0.05) is 71.4 Å². The van der Waals surface area contributed by atoms with Crippen LogP contribution in [-0.4, -0.2) is 23.4 Å². The Morgan fingerprint density at radius 3 is 2.06 bits per heavy atom. The van der Waals surface area contributed by atoms with Gasteiger partial charge in [-0.2, -0.15) is 0 Å². The van der Waals surface area contributed by atoms with Gasteiger partial charge in [0.2, 0.25) is 0 Å². The maximum absolute atomic E-state index is 12.0. The number of oxazole rings is 1. The van der Waals surface area contributed by atoms with Crippen LogP contribution >= 0.6 is 0 Å². The first-order valence-electron chi connectivity index (χ1n) is 11.4. The SMILES string of the molecule is COC(=O)Oc1ccc(C)cc1C(c1cc(C(C)(C)C)c(O)c(C(C)(C)C)c1)c1ncoc1C. The molecule has 0 amide bonds. The van der Waals surface area contributed by atoms with E-state index in [-0.39, 0.29) is 10.8 Å². The average molecular weight is 466 g/mol. The number of nitrogens with zero attached hydrogens (tertiary/aromatic N) is 1. The Balaban J connectivity index is 2.40. The van der Waals surface area contributed by atoms with Gasteiger partial charge in [-0.15, -0.1) is 0 Å². The summed E-state index contributed by atoms with van der Waals surface area (Å²) in [6.07, 6.45) is 0.626. The normalized spacial score (nSPS) is 13.0. The maximum Gasteiger partial charge on any atom is 0.513 e. The van der Waals surface area contributed by atoms with Crippen LogP contribution in [0.2, 0.25) is 0 Å². The van der Waals surface area contributed by atoms with Crippen LogP contribution in [0.5, 0.6) is 11.5 Å². The molecule has 182 valence electrons. The molecule has 3 rings (SSSR count). The van der Waals surface area contributed by atoms with Gasteiger partial charge in [-0.25, -0.2) is 9.78 Å². The van der Waals surface area contributed by atoms with Crippen molar-refractivity contribution in [3.8, 4) is 11.5 Å². The summed E-state index contributed by atoms with van der Waals surface area (Å²) in [6, 6.07) is 9.67. The molecule has 3 aromatic rings. The molecule has 1 aromatic heterocycles. The van der Waals surface area contributed by atoms with Crippen molar-refractivity contribution >= 4 is 6.16 Å². The van der Waals surface area contributed by atoms with Crippen molar-refractivity contribution in [2.45, 2.75) is 72.1 Å². The van der Waals surface area contributed by atoms with Crippen molar-refractivity contribution in [2.24, 2.45) is 0 Å². The Labute approximate surface area is 201 Å². The monoisotopic (exact) mass is 465 g/mol. The first-order valence-corrected chi connectivity index (χ1v) is 11.4. The van der Waals surface area contributed by atoms with E-state index in [2.05, 4.69) is 46.5 Å². The van der Waals surface area contributed by atoms with E-state index < -0.39 is 12.1 Å². The standard InChI is InChI=1S/C28H35NO5/c1-16-10-11-22(34-26(31)32-9)19(12-16)23(24-17(2)33-15-29-24)18-13-20(27(3,4)5)25(30)21(14-18)28(6,7)8/h10-15,23,30H,1-9H3. The van der Waals surface area contributed by atoms with Crippen LogP contribution in [0.15, 0.2) is 41.1 Å². The Hall–Kier alpha value is -3.28. The largest absolute Gasteiger partial charge is 0.513 e. The third-order valence-electron chi connectivity index (χ3n) is 5.97. The van der Waals surface area contributed by atoms with Gasteiger partial charge in [-0.05, 0) is 47.4 Å². The highest BCUT2D eigenvalue weighted by Gasteiger charge is 2.32. The van der Waals surface area contributed by atoms with Gasteiger partial charge in [0, 0.05) is 5.56 Å². The van der Waals surface area contributed by atoms with Crippen LogP contribution in [0.1, 0.15) is 86.7 Å². The number of aromatic hydroxyl groups is 1. The summed E-state index contributed by atoms with van der Waals surface area (Å²) in [5, 5.41) is 11.3. The van der Waals surface area contributed by atoms with Crippen LogP contribution < -0.4 is 4.74 Å². The van der Waals surface area contributed by atoms with Gasteiger partial charge < -0.3 is 19.0 Å². The Morgan fingerprint density at radius 1 is 1.00 bits per heavy atom. The zero-order valence-electron chi connectivity index (χ0n) is 21.6. The fourth-order valence-corrected chi connectivity index (χ4v) is 4.16. The number of phenolic OH excluding ortho intramolecular Hbond substituents is 1. The van der Waals surface area contributed by atoms with Crippen LogP contribution in [-0.2, 0) is 15.6 Å². The minimum Gasteiger partial charge on any atom is -0.507 e. The number of carbonyl (C=O) groups excluding carboxylic acids is 1. The van der Waals surface area contributed by atoms with Crippen molar-refractivity contribution in [1.29, 1.82) is 0 Å². The number of rotatable bonds is 4. The number of benzene rings is 2. The van der Waals surface area contributed by atoms with Crippen molar-refractivity contribution in [1.82, 2.24) is 4.98 Å². The molecule has 0 radical (unpaired) electrons. The molecule has 1 N–H and O–H groups in total. The van der Waals surface area contributed by atoms with E-state index >= 15 is 0 Å². The Bertz CT molecular complexity index is 1160. The third kappa shape index (κ3) is 5.11. The lowest BCUT2D eigenvalue weighted by atomic mass is 9.75. The second-order valence-corrected chi connectivity index (χ2v) is 10.8. The second-order valence-electron chi connectivity index (χ2n) is 10.8. The van der Waals surface area contributed by atoms with Crippen molar-refractivity contribution < 1.29 is 23.8 Å². The molecule has 0 saturated carbocycles. The molecule has 1 heterocycles. The minimum absolute atomic E-state index is 0.301. The second kappa shape index (κ2) is 9.16. The van der Waals surface area contributed by atoms with Gasteiger partial charge in [0.1, 0.15) is 17.3 Å². The van der Waals surface area contributed by atoms with E-state index in [1.165, 1.54) is 13.5 Å². The van der Waals surface area contributed by atoms with Crippen molar-refractivity contribution in [3.63, 3.8) is 0 Å². The lowest BCUT2D eigenvalue weighted by molar-refractivity contribution is 0.121. The molecule has 34 heavy (non-hydrogen) atoms. The molecular weight excluding hydrogens is 430 g/mol. The van der Waals surface area contributed by atoms with E-state index in [1.807, 2.05) is 38.1 Å². The molecule has 0 aliphatic carbocycles. The predicted molar refractivity (Wildman–Crippen MR) is 132 cm³/mol. The summed E-state index contributed by atoms with van der Waals surface area (Å²) >= 11 is 0. The zero-order chi connectivity index (χ0) is 25.4. The molecule has 0 fully saturated rings. The number of hydrogen-bond donors (Lipinski definition) is 1. The lowest BCUT2D eigenvalue weighted by Crippen LogP contribution is -2.19. The third-order valence-corrected chi connectivity index (χ3v) is 5.97. The number of methoxy groups -OCH3 is 1. The molecule has 2 aromatic carbocycles. The van der Waals surface area contributed by atoms with Crippen LogP contribution in [0.3, 0.4) is 0 Å². The van der Waals surface area contributed by atoms with E-state index in [0.717, 1.165) is 27.8 Å². The molecule has 0 aliphatic rings. The summed E-state index contributed by atoms with van der Waals surface area (Å²) < 4.78 is 15.9. The number of phenols is 1. The lowest BCUT2D eigenvalue weighted by Gasteiger charge is -2.30. The molecule has 1 unspecified atom stereocenters. The van der Waals surface area contributed by atoms with Gasteiger partial charge in [0.25, 0.3) is 0 Å². The van der Waals surface area contributed by atoms with Crippen LogP contribution in [0.4, 0.5) is 4.79 Å². The summed E-state index contributed by atoms with van der Waals surface area (Å²) in [4.78, 5) is 16.6.